The van der Waals surface area contributed by atoms with Gasteiger partial charge in [-0.1, -0.05) is 29.8 Å². The highest BCUT2D eigenvalue weighted by atomic mass is 32.2. The first-order valence-corrected chi connectivity index (χ1v) is 9.83. The normalized spacial score (nSPS) is 12.0. The second kappa shape index (κ2) is 8.23. The molecule has 4 nitrogen and oxygen atoms in total. The first-order valence-electron chi connectivity index (χ1n) is 8.44. The maximum Gasteiger partial charge on any atom is 0.287 e. The minimum Gasteiger partial charge on any atom is -0.455 e. The first kappa shape index (κ1) is 18.3. The number of thioether (sulfide) groups is 1. The standard InChI is InChI=1S/C21H22N2O2S/c1-14-6-7-15(2)18(11-14)20(16-5-4-10-22-12-16)23-21(24)19-9-8-17(25-19)13-26-3/h4-12,20H,13H2,1-3H3,(H,23,24). The van der Waals surface area contributed by atoms with Crippen molar-refractivity contribution in [2.75, 3.05) is 6.26 Å². The van der Waals surface area contributed by atoms with Crippen molar-refractivity contribution in [1.29, 1.82) is 0 Å². The zero-order valence-corrected chi connectivity index (χ0v) is 16.0. The fourth-order valence-corrected chi connectivity index (χ4v) is 3.32. The SMILES string of the molecule is CSCc1ccc(C(=O)NC(c2cccnc2)c2cc(C)ccc2C)o1. The van der Waals surface area contributed by atoms with Crippen LogP contribution in [0, 0.1) is 13.8 Å². The maximum atomic E-state index is 12.8. The molecule has 1 atom stereocenters. The van der Waals surface area contributed by atoms with E-state index in [1.54, 1.807) is 30.2 Å². The second-order valence-electron chi connectivity index (χ2n) is 6.25. The Kier molecular flexibility index (Phi) is 5.78. The van der Waals surface area contributed by atoms with Crippen molar-refractivity contribution in [3.8, 4) is 0 Å². The molecule has 2 heterocycles. The van der Waals surface area contributed by atoms with E-state index in [1.165, 1.54) is 0 Å². The molecule has 0 saturated heterocycles. The Labute approximate surface area is 158 Å². The molecule has 0 aliphatic rings. The fraction of sp³-hybridized carbons (Fsp3) is 0.238. The van der Waals surface area contributed by atoms with Crippen LogP contribution in [0.1, 0.15) is 44.6 Å². The third-order valence-electron chi connectivity index (χ3n) is 4.21. The average Bonchev–Trinajstić information content (AvgIpc) is 3.12. The molecule has 0 spiro atoms. The lowest BCUT2D eigenvalue weighted by Crippen LogP contribution is -2.29. The molecule has 2 aromatic heterocycles. The lowest BCUT2D eigenvalue weighted by Gasteiger charge is -2.21. The number of nitrogens with one attached hydrogen (secondary N) is 1. The summed E-state index contributed by atoms with van der Waals surface area (Å²) in [5.74, 6) is 1.64. The van der Waals surface area contributed by atoms with Crippen molar-refractivity contribution >= 4 is 17.7 Å². The number of hydrogen-bond acceptors (Lipinski definition) is 4. The molecule has 1 N–H and O–H groups in total. The molecule has 0 aliphatic carbocycles. The second-order valence-corrected chi connectivity index (χ2v) is 7.12. The number of benzene rings is 1. The molecule has 1 amide bonds. The van der Waals surface area contributed by atoms with Gasteiger partial charge in [-0.15, -0.1) is 0 Å². The number of rotatable bonds is 6. The highest BCUT2D eigenvalue weighted by Gasteiger charge is 2.21. The Morgan fingerprint density at radius 3 is 2.81 bits per heavy atom. The van der Waals surface area contributed by atoms with Gasteiger partial charge in [0.25, 0.3) is 5.91 Å². The topological polar surface area (TPSA) is 55.1 Å². The van der Waals surface area contributed by atoms with Crippen LogP contribution >= 0.6 is 11.8 Å². The fourth-order valence-electron chi connectivity index (χ4n) is 2.88. The molecule has 0 aliphatic heterocycles. The zero-order valence-electron chi connectivity index (χ0n) is 15.2. The summed E-state index contributed by atoms with van der Waals surface area (Å²) in [6.45, 7) is 4.10. The van der Waals surface area contributed by atoms with Gasteiger partial charge in [-0.2, -0.15) is 11.8 Å². The van der Waals surface area contributed by atoms with Crippen LogP contribution < -0.4 is 5.32 Å². The summed E-state index contributed by atoms with van der Waals surface area (Å²) in [7, 11) is 0. The van der Waals surface area contributed by atoms with Crippen LogP contribution in [0.15, 0.2) is 59.3 Å². The van der Waals surface area contributed by atoms with Gasteiger partial charge in [0.1, 0.15) is 5.76 Å². The molecule has 0 saturated carbocycles. The molecule has 0 fully saturated rings. The van der Waals surface area contributed by atoms with E-state index in [1.807, 2.05) is 38.3 Å². The molecule has 3 rings (SSSR count). The first-order chi connectivity index (χ1) is 12.6. The number of hydrogen-bond donors (Lipinski definition) is 1. The average molecular weight is 366 g/mol. The van der Waals surface area contributed by atoms with Crippen molar-refractivity contribution in [1.82, 2.24) is 10.3 Å². The van der Waals surface area contributed by atoms with E-state index in [0.717, 1.165) is 33.8 Å². The Hall–Kier alpha value is -2.53. The third kappa shape index (κ3) is 4.17. The Balaban J connectivity index is 1.93. The molecular weight excluding hydrogens is 344 g/mol. The van der Waals surface area contributed by atoms with Crippen LogP contribution in [0.25, 0.3) is 0 Å². The number of aryl methyl sites for hydroxylation is 2. The Morgan fingerprint density at radius 2 is 2.08 bits per heavy atom. The van der Waals surface area contributed by atoms with Gasteiger partial charge in [-0.3, -0.25) is 9.78 Å². The van der Waals surface area contributed by atoms with Crippen LogP contribution in [0.4, 0.5) is 0 Å². The molecular formula is C21H22N2O2S. The summed E-state index contributed by atoms with van der Waals surface area (Å²) in [6, 6.07) is 13.4. The molecule has 3 aromatic rings. The number of pyridine rings is 1. The van der Waals surface area contributed by atoms with Gasteiger partial charge in [0.2, 0.25) is 0 Å². The minimum atomic E-state index is -0.287. The monoisotopic (exact) mass is 366 g/mol. The van der Waals surface area contributed by atoms with Crippen LogP contribution in [-0.2, 0) is 5.75 Å². The van der Waals surface area contributed by atoms with E-state index in [2.05, 4.69) is 28.5 Å². The van der Waals surface area contributed by atoms with Crippen molar-refractivity contribution in [2.24, 2.45) is 0 Å². The largest absolute Gasteiger partial charge is 0.455 e. The maximum absolute atomic E-state index is 12.8. The van der Waals surface area contributed by atoms with E-state index in [9.17, 15) is 4.79 Å². The Morgan fingerprint density at radius 1 is 1.23 bits per heavy atom. The van der Waals surface area contributed by atoms with Crippen molar-refractivity contribution in [3.63, 3.8) is 0 Å². The van der Waals surface area contributed by atoms with E-state index >= 15 is 0 Å². The number of furan rings is 1. The number of carbonyl (C=O) groups excluding carboxylic acids is 1. The van der Waals surface area contributed by atoms with Gasteiger partial charge in [0.05, 0.1) is 11.8 Å². The summed E-state index contributed by atoms with van der Waals surface area (Å²) in [6.07, 6.45) is 5.52. The minimum absolute atomic E-state index is 0.230. The highest BCUT2D eigenvalue weighted by Crippen LogP contribution is 2.26. The number of carbonyl (C=O) groups is 1. The summed E-state index contributed by atoms with van der Waals surface area (Å²) >= 11 is 1.66. The van der Waals surface area contributed by atoms with Crippen molar-refractivity contribution in [3.05, 3.63) is 88.6 Å². The van der Waals surface area contributed by atoms with Gasteiger partial charge in [-0.25, -0.2) is 0 Å². The molecule has 1 unspecified atom stereocenters. The summed E-state index contributed by atoms with van der Waals surface area (Å²) in [5.41, 5.74) is 4.26. The van der Waals surface area contributed by atoms with Gasteiger partial charge in [-0.05, 0) is 55.0 Å². The molecule has 134 valence electrons. The van der Waals surface area contributed by atoms with Crippen molar-refractivity contribution in [2.45, 2.75) is 25.6 Å². The summed E-state index contributed by atoms with van der Waals surface area (Å²) in [4.78, 5) is 17.0. The number of aromatic nitrogens is 1. The van der Waals surface area contributed by atoms with Gasteiger partial charge < -0.3 is 9.73 Å². The predicted octanol–water partition coefficient (Wildman–Crippen LogP) is 4.67. The van der Waals surface area contributed by atoms with E-state index in [-0.39, 0.29) is 11.9 Å². The molecule has 1 aromatic carbocycles. The smallest absolute Gasteiger partial charge is 0.287 e. The molecule has 0 bridgehead atoms. The Bertz CT molecular complexity index is 890. The van der Waals surface area contributed by atoms with Crippen LogP contribution in [0.5, 0.6) is 0 Å². The number of amides is 1. The van der Waals surface area contributed by atoms with Gasteiger partial charge in [0.15, 0.2) is 5.76 Å². The molecule has 26 heavy (non-hydrogen) atoms. The van der Waals surface area contributed by atoms with E-state index < -0.39 is 0 Å². The van der Waals surface area contributed by atoms with E-state index in [4.69, 9.17) is 4.42 Å². The predicted molar refractivity (Wildman–Crippen MR) is 105 cm³/mol. The highest BCUT2D eigenvalue weighted by molar-refractivity contribution is 7.97. The third-order valence-corrected chi connectivity index (χ3v) is 4.78. The number of nitrogens with zero attached hydrogens (tertiary/aromatic N) is 1. The summed E-state index contributed by atoms with van der Waals surface area (Å²) in [5, 5.41) is 3.11. The van der Waals surface area contributed by atoms with Crippen LogP contribution in [0.2, 0.25) is 0 Å². The van der Waals surface area contributed by atoms with E-state index in [0.29, 0.717) is 5.76 Å². The lowest BCUT2D eigenvalue weighted by molar-refractivity contribution is 0.0913. The molecule has 0 radical (unpaired) electrons. The van der Waals surface area contributed by atoms with Crippen LogP contribution in [-0.4, -0.2) is 17.1 Å². The van der Waals surface area contributed by atoms with Crippen molar-refractivity contribution < 1.29 is 9.21 Å². The zero-order chi connectivity index (χ0) is 18.5. The molecule has 5 heteroatoms. The van der Waals surface area contributed by atoms with Crippen LogP contribution in [0.3, 0.4) is 0 Å². The lowest BCUT2D eigenvalue weighted by atomic mass is 9.94. The van der Waals surface area contributed by atoms with Gasteiger partial charge >= 0.3 is 0 Å². The quantitative estimate of drug-likeness (QED) is 0.688. The van der Waals surface area contributed by atoms with Gasteiger partial charge in [0, 0.05) is 12.4 Å². The summed E-state index contributed by atoms with van der Waals surface area (Å²) < 4.78 is 5.66.